The summed E-state index contributed by atoms with van der Waals surface area (Å²) in [5.41, 5.74) is 2.83. The van der Waals surface area contributed by atoms with Gasteiger partial charge in [0.25, 0.3) is 0 Å². The highest BCUT2D eigenvalue weighted by Crippen LogP contribution is 2.16. The van der Waals surface area contributed by atoms with Crippen LogP contribution in [0.25, 0.3) is 0 Å². The number of hydrogen-bond donors (Lipinski definition) is 3. The molecule has 0 aliphatic carbocycles. The van der Waals surface area contributed by atoms with Crippen molar-refractivity contribution in [1.82, 2.24) is 15.4 Å². The van der Waals surface area contributed by atoms with Crippen molar-refractivity contribution in [3.63, 3.8) is 0 Å². The third-order valence-corrected chi connectivity index (χ3v) is 6.03. The van der Waals surface area contributed by atoms with Crippen molar-refractivity contribution in [3.05, 3.63) is 59.2 Å². The fourth-order valence-corrected chi connectivity index (χ4v) is 4.14. The normalized spacial score (nSPS) is 11.5. The maximum atomic E-state index is 12.5. The number of ether oxygens (including phenoxy) is 1. The van der Waals surface area contributed by atoms with Gasteiger partial charge >= 0.3 is 0 Å². The van der Waals surface area contributed by atoms with E-state index < -0.39 is 10.0 Å². The third kappa shape index (κ3) is 8.11. The molecule has 0 saturated carbocycles. The second kappa shape index (κ2) is 12.8. The number of benzene rings is 2. The molecule has 0 aliphatic heterocycles. The molecule has 2 aromatic carbocycles. The number of nitrogens with zero attached hydrogens (tertiary/aromatic N) is 1. The Morgan fingerprint density at radius 1 is 1.00 bits per heavy atom. The summed E-state index contributed by atoms with van der Waals surface area (Å²) in [6.07, 6.45) is 0.837. The zero-order valence-corrected chi connectivity index (χ0v) is 21.0. The maximum Gasteiger partial charge on any atom is 0.240 e. The first kappa shape index (κ1) is 26.2. The SMILES string of the molecule is CN=C(NCCNS(=O)(=O)c1cc(C)ccc1C)NCCc1ccc(OC)cc1.I. The number of aliphatic imine (C=N–C) groups is 1. The summed E-state index contributed by atoms with van der Waals surface area (Å²) in [4.78, 5) is 4.48. The van der Waals surface area contributed by atoms with Gasteiger partial charge in [-0.1, -0.05) is 24.3 Å². The highest BCUT2D eigenvalue weighted by atomic mass is 127. The summed E-state index contributed by atoms with van der Waals surface area (Å²) < 4.78 is 32.8. The van der Waals surface area contributed by atoms with Crippen LogP contribution in [-0.2, 0) is 16.4 Å². The van der Waals surface area contributed by atoms with E-state index in [1.807, 2.05) is 43.3 Å². The van der Waals surface area contributed by atoms with E-state index >= 15 is 0 Å². The van der Waals surface area contributed by atoms with Gasteiger partial charge < -0.3 is 15.4 Å². The number of halogens is 1. The molecule has 3 N–H and O–H groups in total. The fourth-order valence-electron chi connectivity index (χ4n) is 2.78. The molecule has 2 aromatic rings. The van der Waals surface area contributed by atoms with Gasteiger partial charge in [-0.25, -0.2) is 13.1 Å². The zero-order chi connectivity index (χ0) is 21.3. The number of aryl methyl sites for hydroxylation is 2. The topological polar surface area (TPSA) is 91.8 Å². The van der Waals surface area contributed by atoms with Crippen molar-refractivity contribution in [1.29, 1.82) is 0 Å². The van der Waals surface area contributed by atoms with Gasteiger partial charge in [0.2, 0.25) is 10.0 Å². The Balaban J connectivity index is 0.00000450. The van der Waals surface area contributed by atoms with Crippen molar-refractivity contribution in [3.8, 4) is 5.75 Å². The molecule has 9 heteroatoms. The minimum Gasteiger partial charge on any atom is -0.497 e. The van der Waals surface area contributed by atoms with Crippen LogP contribution in [0, 0.1) is 13.8 Å². The molecule has 0 radical (unpaired) electrons. The smallest absolute Gasteiger partial charge is 0.240 e. The molecular weight excluding hydrogens is 515 g/mol. The van der Waals surface area contributed by atoms with E-state index in [9.17, 15) is 8.42 Å². The van der Waals surface area contributed by atoms with Crippen molar-refractivity contribution < 1.29 is 13.2 Å². The second-order valence-electron chi connectivity index (χ2n) is 6.69. The number of rotatable bonds is 9. The number of hydrogen-bond acceptors (Lipinski definition) is 4. The lowest BCUT2D eigenvalue weighted by atomic mass is 10.1. The minimum atomic E-state index is -3.54. The van der Waals surface area contributed by atoms with E-state index in [0.717, 1.165) is 23.3 Å². The second-order valence-corrected chi connectivity index (χ2v) is 8.43. The van der Waals surface area contributed by atoms with Crippen LogP contribution in [0.3, 0.4) is 0 Å². The van der Waals surface area contributed by atoms with Crippen molar-refractivity contribution in [2.24, 2.45) is 4.99 Å². The Bertz CT molecular complexity index is 932. The maximum absolute atomic E-state index is 12.5. The average molecular weight is 546 g/mol. The number of methoxy groups -OCH3 is 1. The summed E-state index contributed by atoms with van der Waals surface area (Å²) in [7, 11) is -0.207. The number of guanidine groups is 1. The molecule has 0 atom stereocenters. The summed E-state index contributed by atoms with van der Waals surface area (Å²) in [5, 5.41) is 6.34. The Morgan fingerprint density at radius 2 is 1.67 bits per heavy atom. The van der Waals surface area contributed by atoms with Crippen LogP contribution in [0.2, 0.25) is 0 Å². The molecular formula is C21H31IN4O3S. The van der Waals surface area contributed by atoms with E-state index in [1.54, 1.807) is 27.1 Å². The van der Waals surface area contributed by atoms with Crippen LogP contribution in [0.5, 0.6) is 5.75 Å². The average Bonchev–Trinajstić information content (AvgIpc) is 2.72. The lowest BCUT2D eigenvalue weighted by molar-refractivity contribution is 0.414. The molecule has 0 heterocycles. The molecule has 30 heavy (non-hydrogen) atoms. The standard InChI is InChI=1S/C21H30N4O3S.HI/c1-16-5-6-17(2)20(15-16)29(26,27)25-14-13-24-21(22-3)23-12-11-18-7-9-19(28-4)10-8-18;/h5-10,15,25H,11-14H2,1-4H3,(H2,22,23,24);1H. The predicted molar refractivity (Wildman–Crippen MR) is 133 cm³/mol. The lowest BCUT2D eigenvalue weighted by Gasteiger charge is -2.13. The number of sulfonamides is 1. The number of nitrogens with one attached hydrogen (secondary N) is 3. The molecule has 0 spiro atoms. The van der Waals surface area contributed by atoms with E-state index in [0.29, 0.717) is 23.9 Å². The summed E-state index contributed by atoms with van der Waals surface area (Å²) in [6.45, 7) is 5.06. The minimum absolute atomic E-state index is 0. The predicted octanol–water partition coefficient (Wildman–Crippen LogP) is 2.62. The molecule has 7 nitrogen and oxygen atoms in total. The molecule has 0 aliphatic rings. The summed E-state index contributed by atoms with van der Waals surface area (Å²) >= 11 is 0. The highest BCUT2D eigenvalue weighted by molar-refractivity contribution is 14.0. The van der Waals surface area contributed by atoms with E-state index in [4.69, 9.17) is 4.74 Å². The van der Waals surface area contributed by atoms with Crippen LogP contribution < -0.4 is 20.1 Å². The van der Waals surface area contributed by atoms with Gasteiger partial charge in [-0.2, -0.15) is 0 Å². The van der Waals surface area contributed by atoms with Crippen LogP contribution in [0.1, 0.15) is 16.7 Å². The van der Waals surface area contributed by atoms with Gasteiger partial charge in [0.15, 0.2) is 5.96 Å². The molecule has 0 bridgehead atoms. The van der Waals surface area contributed by atoms with Crippen molar-refractivity contribution in [2.75, 3.05) is 33.8 Å². The Hall–Kier alpha value is -1.85. The van der Waals surface area contributed by atoms with Gasteiger partial charge in [0.1, 0.15) is 5.75 Å². The van der Waals surface area contributed by atoms with E-state index in [2.05, 4.69) is 20.3 Å². The first-order chi connectivity index (χ1) is 13.9. The van der Waals surface area contributed by atoms with Gasteiger partial charge in [0.05, 0.1) is 12.0 Å². The third-order valence-electron chi connectivity index (χ3n) is 4.43. The van der Waals surface area contributed by atoms with Crippen molar-refractivity contribution in [2.45, 2.75) is 25.2 Å². The Kier molecular flexibility index (Phi) is 11.1. The van der Waals surface area contributed by atoms with Crippen LogP contribution in [-0.4, -0.2) is 48.2 Å². The quantitative estimate of drug-likeness (QED) is 0.195. The molecule has 0 saturated heterocycles. The molecule has 166 valence electrons. The van der Waals surface area contributed by atoms with Crippen molar-refractivity contribution >= 4 is 40.0 Å². The van der Waals surface area contributed by atoms with Gasteiger partial charge in [-0.3, -0.25) is 4.99 Å². The summed E-state index contributed by atoms with van der Waals surface area (Å²) in [5.74, 6) is 1.46. The highest BCUT2D eigenvalue weighted by Gasteiger charge is 2.16. The first-order valence-corrected chi connectivity index (χ1v) is 11.0. The molecule has 0 fully saturated rings. The molecule has 0 unspecified atom stereocenters. The van der Waals surface area contributed by atoms with E-state index in [1.165, 1.54) is 5.56 Å². The van der Waals surface area contributed by atoms with Crippen LogP contribution >= 0.6 is 24.0 Å². The largest absolute Gasteiger partial charge is 0.497 e. The molecule has 0 amide bonds. The van der Waals surface area contributed by atoms with Crippen LogP contribution in [0.15, 0.2) is 52.4 Å². The monoisotopic (exact) mass is 546 g/mol. The van der Waals surface area contributed by atoms with Gasteiger partial charge in [0, 0.05) is 26.7 Å². The Morgan fingerprint density at radius 3 is 2.30 bits per heavy atom. The summed E-state index contributed by atoms with van der Waals surface area (Å²) in [6, 6.07) is 13.3. The lowest BCUT2D eigenvalue weighted by Crippen LogP contribution is -2.42. The Labute approximate surface area is 196 Å². The van der Waals surface area contributed by atoms with E-state index in [-0.39, 0.29) is 30.5 Å². The fraction of sp³-hybridized carbons (Fsp3) is 0.381. The van der Waals surface area contributed by atoms with Gasteiger partial charge in [-0.15, -0.1) is 24.0 Å². The van der Waals surface area contributed by atoms with Crippen LogP contribution in [0.4, 0.5) is 0 Å². The molecule has 2 rings (SSSR count). The molecule has 0 aromatic heterocycles. The van der Waals surface area contributed by atoms with Gasteiger partial charge in [-0.05, 0) is 55.2 Å². The first-order valence-electron chi connectivity index (χ1n) is 9.50. The zero-order valence-electron chi connectivity index (χ0n) is 17.9.